The van der Waals surface area contributed by atoms with Crippen LogP contribution in [0.4, 0.5) is 0 Å². The van der Waals surface area contributed by atoms with Crippen LogP contribution in [0.25, 0.3) is 10.9 Å². The lowest BCUT2D eigenvalue weighted by Crippen LogP contribution is -2.19. The summed E-state index contributed by atoms with van der Waals surface area (Å²) in [5.74, 6) is 0.469. The van der Waals surface area contributed by atoms with Crippen LogP contribution in [0.2, 0.25) is 5.02 Å². The average molecular weight is 235 g/mol. The van der Waals surface area contributed by atoms with E-state index in [1.807, 2.05) is 12.1 Å². The van der Waals surface area contributed by atoms with Crippen molar-refractivity contribution in [3.8, 4) is 0 Å². The second kappa shape index (κ2) is 3.59. The van der Waals surface area contributed by atoms with Crippen LogP contribution in [-0.4, -0.2) is 9.97 Å². The van der Waals surface area contributed by atoms with Gasteiger partial charge in [-0.2, -0.15) is 4.98 Å². The smallest absolute Gasteiger partial charge is 0.309 e. The van der Waals surface area contributed by atoms with E-state index < -0.39 is 0 Å². The van der Waals surface area contributed by atoms with Gasteiger partial charge in [-0.15, -0.1) is 0 Å². The van der Waals surface area contributed by atoms with Crippen molar-refractivity contribution < 1.29 is 0 Å². The SMILES string of the molecule is O=c1nc2c(Cl)cccc2c(C2CCC2)[nH]1. The van der Waals surface area contributed by atoms with Crippen LogP contribution >= 0.6 is 11.6 Å². The molecule has 4 heteroatoms. The number of rotatable bonds is 1. The van der Waals surface area contributed by atoms with E-state index in [2.05, 4.69) is 9.97 Å². The number of H-pyrrole nitrogens is 1. The van der Waals surface area contributed by atoms with Crippen LogP contribution < -0.4 is 5.69 Å². The first-order valence-electron chi connectivity index (χ1n) is 5.44. The summed E-state index contributed by atoms with van der Waals surface area (Å²) < 4.78 is 0. The van der Waals surface area contributed by atoms with Gasteiger partial charge in [0.15, 0.2) is 0 Å². The summed E-state index contributed by atoms with van der Waals surface area (Å²) in [6.45, 7) is 0. The molecule has 0 atom stereocenters. The molecule has 1 saturated carbocycles. The lowest BCUT2D eigenvalue weighted by Gasteiger charge is -2.26. The molecule has 1 heterocycles. The van der Waals surface area contributed by atoms with Crippen molar-refractivity contribution in [3.05, 3.63) is 39.4 Å². The molecule has 1 N–H and O–H groups in total. The lowest BCUT2D eigenvalue weighted by atomic mass is 9.81. The maximum atomic E-state index is 11.5. The zero-order chi connectivity index (χ0) is 11.1. The van der Waals surface area contributed by atoms with Crippen LogP contribution in [0.3, 0.4) is 0 Å². The third-order valence-corrected chi connectivity index (χ3v) is 3.55. The molecule has 2 aromatic rings. The Bertz CT molecular complexity index is 601. The molecule has 0 unspecified atom stereocenters. The molecule has 1 aliphatic rings. The van der Waals surface area contributed by atoms with E-state index in [1.54, 1.807) is 6.07 Å². The van der Waals surface area contributed by atoms with Gasteiger partial charge in [-0.3, -0.25) is 0 Å². The van der Waals surface area contributed by atoms with Crippen molar-refractivity contribution in [2.24, 2.45) is 0 Å². The monoisotopic (exact) mass is 234 g/mol. The fourth-order valence-electron chi connectivity index (χ4n) is 2.18. The number of halogens is 1. The Morgan fingerprint density at radius 3 is 2.88 bits per heavy atom. The molecule has 1 fully saturated rings. The number of aromatic nitrogens is 2. The van der Waals surface area contributed by atoms with E-state index in [9.17, 15) is 4.79 Å². The topological polar surface area (TPSA) is 45.8 Å². The Hall–Kier alpha value is -1.35. The van der Waals surface area contributed by atoms with Gasteiger partial charge < -0.3 is 4.98 Å². The fraction of sp³-hybridized carbons (Fsp3) is 0.333. The summed E-state index contributed by atoms with van der Waals surface area (Å²) in [6, 6.07) is 5.63. The van der Waals surface area contributed by atoms with Gasteiger partial charge in [0.2, 0.25) is 0 Å². The number of para-hydroxylation sites is 1. The van der Waals surface area contributed by atoms with Crippen molar-refractivity contribution in [1.29, 1.82) is 0 Å². The highest BCUT2D eigenvalue weighted by Crippen LogP contribution is 2.38. The van der Waals surface area contributed by atoms with E-state index in [0.29, 0.717) is 16.5 Å². The van der Waals surface area contributed by atoms with Crippen molar-refractivity contribution in [2.75, 3.05) is 0 Å². The maximum Gasteiger partial charge on any atom is 0.345 e. The molecule has 0 spiro atoms. The number of hydrogen-bond acceptors (Lipinski definition) is 2. The second-order valence-corrected chi connectivity index (χ2v) is 4.63. The summed E-state index contributed by atoms with van der Waals surface area (Å²) in [5, 5.41) is 1.53. The molecular weight excluding hydrogens is 224 g/mol. The fourth-order valence-corrected chi connectivity index (χ4v) is 2.39. The summed E-state index contributed by atoms with van der Waals surface area (Å²) >= 11 is 6.05. The highest BCUT2D eigenvalue weighted by atomic mass is 35.5. The summed E-state index contributed by atoms with van der Waals surface area (Å²) in [7, 11) is 0. The van der Waals surface area contributed by atoms with Gasteiger partial charge in [0.1, 0.15) is 0 Å². The molecule has 0 amide bonds. The number of aromatic amines is 1. The molecule has 1 aromatic carbocycles. The van der Waals surface area contributed by atoms with Gasteiger partial charge in [0.05, 0.1) is 10.5 Å². The standard InChI is InChI=1S/C12H11ClN2O/c13-9-6-2-5-8-10(7-3-1-4-7)14-12(16)15-11(8)9/h2,5-7H,1,3-4H2,(H,14,15,16). The Kier molecular flexibility index (Phi) is 2.21. The molecule has 0 saturated heterocycles. The largest absolute Gasteiger partial charge is 0.345 e. The predicted octanol–water partition coefficient (Wildman–Crippen LogP) is 2.84. The summed E-state index contributed by atoms with van der Waals surface area (Å²) in [4.78, 5) is 18.3. The lowest BCUT2D eigenvalue weighted by molar-refractivity contribution is 0.413. The first kappa shape index (κ1) is 9.85. The van der Waals surface area contributed by atoms with E-state index in [-0.39, 0.29) is 5.69 Å². The quantitative estimate of drug-likeness (QED) is 0.825. The Morgan fingerprint density at radius 2 is 2.19 bits per heavy atom. The van der Waals surface area contributed by atoms with E-state index in [1.165, 1.54) is 6.42 Å². The number of nitrogens with zero attached hydrogens (tertiary/aromatic N) is 1. The third kappa shape index (κ3) is 1.43. The van der Waals surface area contributed by atoms with E-state index in [4.69, 9.17) is 11.6 Å². The maximum absolute atomic E-state index is 11.5. The molecule has 0 radical (unpaired) electrons. The first-order valence-corrected chi connectivity index (χ1v) is 5.82. The molecule has 16 heavy (non-hydrogen) atoms. The number of fused-ring (bicyclic) bond motifs is 1. The molecule has 1 aromatic heterocycles. The summed E-state index contributed by atoms with van der Waals surface area (Å²) in [6.07, 6.45) is 3.51. The van der Waals surface area contributed by atoms with Gasteiger partial charge in [-0.05, 0) is 24.8 Å². The molecule has 3 rings (SSSR count). The van der Waals surface area contributed by atoms with Gasteiger partial charge in [-0.25, -0.2) is 4.79 Å². The van der Waals surface area contributed by atoms with Crippen molar-refractivity contribution >= 4 is 22.5 Å². The molecule has 3 nitrogen and oxygen atoms in total. The van der Waals surface area contributed by atoms with Gasteiger partial charge in [-0.1, -0.05) is 30.2 Å². The van der Waals surface area contributed by atoms with Crippen LogP contribution in [0.5, 0.6) is 0 Å². The first-order chi connectivity index (χ1) is 7.75. The summed E-state index contributed by atoms with van der Waals surface area (Å²) in [5.41, 5.74) is 1.32. The van der Waals surface area contributed by atoms with E-state index in [0.717, 1.165) is 23.9 Å². The molecule has 0 bridgehead atoms. The molecular formula is C12H11ClN2O. The normalized spacial score (nSPS) is 16.3. The number of benzene rings is 1. The highest BCUT2D eigenvalue weighted by molar-refractivity contribution is 6.35. The van der Waals surface area contributed by atoms with Gasteiger partial charge in [0.25, 0.3) is 0 Å². The number of hydrogen-bond donors (Lipinski definition) is 1. The van der Waals surface area contributed by atoms with Crippen molar-refractivity contribution in [3.63, 3.8) is 0 Å². The third-order valence-electron chi connectivity index (χ3n) is 3.25. The minimum Gasteiger partial charge on any atom is -0.309 e. The van der Waals surface area contributed by atoms with Crippen molar-refractivity contribution in [1.82, 2.24) is 9.97 Å². The van der Waals surface area contributed by atoms with Crippen LogP contribution in [0.1, 0.15) is 30.9 Å². The number of nitrogens with one attached hydrogen (secondary N) is 1. The Balaban J connectivity index is 2.34. The minimum atomic E-state index is -0.303. The highest BCUT2D eigenvalue weighted by Gasteiger charge is 2.23. The Morgan fingerprint density at radius 1 is 1.38 bits per heavy atom. The molecule has 82 valence electrons. The average Bonchev–Trinajstić information content (AvgIpc) is 2.17. The second-order valence-electron chi connectivity index (χ2n) is 4.22. The molecule has 1 aliphatic carbocycles. The van der Waals surface area contributed by atoms with Crippen LogP contribution in [-0.2, 0) is 0 Å². The molecule has 0 aliphatic heterocycles. The minimum absolute atomic E-state index is 0.303. The van der Waals surface area contributed by atoms with Crippen LogP contribution in [0.15, 0.2) is 23.0 Å². The van der Waals surface area contributed by atoms with Crippen molar-refractivity contribution in [2.45, 2.75) is 25.2 Å². The Labute approximate surface area is 97.5 Å². The zero-order valence-corrected chi connectivity index (χ0v) is 9.42. The zero-order valence-electron chi connectivity index (χ0n) is 8.66. The van der Waals surface area contributed by atoms with Gasteiger partial charge in [0, 0.05) is 11.1 Å². The predicted molar refractivity (Wildman–Crippen MR) is 64.0 cm³/mol. The van der Waals surface area contributed by atoms with E-state index >= 15 is 0 Å². The van der Waals surface area contributed by atoms with Gasteiger partial charge >= 0.3 is 5.69 Å². The van der Waals surface area contributed by atoms with Crippen LogP contribution in [0, 0.1) is 0 Å².